The summed E-state index contributed by atoms with van der Waals surface area (Å²) in [5, 5.41) is 10.8. The van der Waals surface area contributed by atoms with E-state index < -0.39 is 23.7 Å². The smallest absolute Gasteiger partial charge is 0.131 e. The van der Waals surface area contributed by atoms with Crippen LogP contribution in [0.15, 0.2) is 42.5 Å². The van der Waals surface area contributed by atoms with Crippen LogP contribution in [0.25, 0.3) is 0 Å². The Morgan fingerprint density at radius 3 is 2.50 bits per heavy atom. The lowest BCUT2D eigenvalue weighted by Gasteiger charge is -2.23. The van der Waals surface area contributed by atoms with Crippen LogP contribution >= 0.6 is 11.6 Å². The molecule has 0 radical (unpaired) electrons. The monoisotopic (exact) mass is 297 g/mol. The van der Waals surface area contributed by atoms with Crippen LogP contribution in [0, 0.1) is 11.6 Å². The minimum atomic E-state index is -1.17. The van der Waals surface area contributed by atoms with E-state index in [0.717, 1.165) is 12.1 Å². The zero-order chi connectivity index (χ0) is 14.7. The van der Waals surface area contributed by atoms with E-state index in [1.54, 1.807) is 24.3 Å². The van der Waals surface area contributed by atoms with Crippen LogP contribution in [0.1, 0.15) is 23.1 Å². The van der Waals surface area contributed by atoms with E-state index >= 15 is 0 Å². The number of hydrogen-bond donors (Lipinski definition) is 2. The predicted molar refractivity (Wildman–Crippen MR) is 74.6 cm³/mol. The molecule has 0 amide bonds. The molecule has 2 nitrogen and oxygen atoms in total. The second-order valence-electron chi connectivity index (χ2n) is 4.51. The number of aliphatic hydroxyl groups is 1. The molecule has 0 aromatic heterocycles. The maximum atomic E-state index is 13.7. The van der Waals surface area contributed by atoms with Gasteiger partial charge >= 0.3 is 0 Å². The Labute approximate surface area is 120 Å². The van der Waals surface area contributed by atoms with Crippen molar-refractivity contribution < 1.29 is 13.9 Å². The van der Waals surface area contributed by atoms with Crippen LogP contribution in [0.2, 0.25) is 5.02 Å². The normalized spacial score (nSPS) is 14.1. The van der Waals surface area contributed by atoms with Gasteiger partial charge in [-0.2, -0.15) is 0 Å². The van der Waals surface area contributed by atoms with Gasteiger partial charge < -0.3 is 10.8 Å². The zero-order valence-corrected chi connectivity index (χ0v) is 11.3. The lowest BCUT2D eigenvalue weighted by atomic mass is 9.89. The van der Waals surface area contributed by atoms with Gasteiger partial charge in [-0.3, -0.25) is 0 Å². The molecule has 0 aliphatic heterocycles. The molecule has 3 N–H and O–H groups in total. The van der Waals surface area contributed by atoms with Gasteiger partial charge in [-0.1, -0.05) is 29.8 Å². The van der Waals surface area contributed by atoms with Gasteiger partial charge in [0.25, 0.3) is 0 Å². The largest absolute Gasteiger partial charge is 0.388 e. The molecule has 2 atom stereocenters. The highest BCUT2D eigenvalue weighted by atomic mass is 35.5. The summed E-state index contributed by atoms with van der Waals surface area (Å²) in [4.78, 5) is 0. The summed E-state index contributed by atoms with van der Waals surface area (Å²) in [7, 11) is 0. The molecule has 2 aromatic rings. The second-order valence-corrected chi connectivity index (χ2v) is 4.94. The number of aliphatic hydroxyl groups excluding tert-OH is 1. The van der Waals surface area contributed by atoms with Crippen LogP contribution in [0.5, 0.6) is 0 Å². The maximum Gasteiger partial charge on any atom is 0.131 e. The summed E-state index contributed by atoms with van der Waals surface area (Å²) in [6.45, 7) is 0.109. The Bertz CT molecular complexity index is 606. The molecule has 2 unspecified atom stereocenters. The van der Waals surface area contributed by atoms with Crippen molar-refractivity contribution in [2.75, 3.05) is 6.54 Å². The predicted octanol–water partition coefficient (Wildman–Crippen LogP) is 3.39. The summed E-state index contributed by atoms with van der Waals surface area (Å²) in [5.41, 5.74) is 6.39. The van der Waals surface area contributed by atoms with Gasteiger partial charge in [0.2, 0.25) is 0 Å². The van der Waals surface area contributed by atoms with Gasteiger partial charge in [0.15, 0.2) is 0 Å². The first kappa shape index (κ1) is 14.9. The molecular weight excluding hydrogens is 284 g/mol. The Morgan fingerprint density at radius 1 is 1.15 bits per heavy atom. The van der Waals surface area contributed by atoms with E-state index in [0.29, 0.717) is 10.6 Å². The third kappa shape index (κ3) is 3.15. The van der Waals surface area contributed by atoms with Crippen molar-refractivity contribution in [3.8, 4) is 0 Å². The van der Waals surface area contributed by atoms with E-state index in [9.17, 15) is 13.9 Å². The Balaban J connectivity index is 2.36. The quantitative estimate of drug-likeness (QED) is 0.908. The minimum absolute atomic E-state index is 0.0156. The van der Waals surface area contributed by atoms with Gasteiger partial charge in [0.1, 0.15) is 11.6 Å². The molecule has 5 heteroatoms. The van der Waals surface area contributed by atoms with E-state index in [1.165, 1.54) is 6.07 Å². The first-order valence-electron chi connectivity index (χ1n) is 6.11. The molecule has 0 spiro atoms. The fraction of sp³-hybridized carbons (Fsp3) is 0.200. The topological polar surface area (TPSA) is 46.2 Å². The standard InChI is InChI=1S/C15H14ClF2NO/c16-10-3-1-2-9(6-10)13(8-19)15(20)12-5-4-11(17)7-14(12)18/h1-7,13,15,20H,8,19H2. The van der Waals surface area contributed by atoms with E-state index in [-0.39, 0.29) is 12.1 Å². The van der Waals surface area contributed by atoms with Crippen LogP contribution in [-0.2, 0) is 0 Å². The molecule has 2 rings (SSSR count). The molecule has 0 saturated heterocycles. The van der Waals surface area contributed by atoms with Gasteiger partial charge in [-0.05, 0) is 23.8 Å². The third-order valence-electron chi connectivity index (χ3n) is 3.19. The van der Waals surface area contributed by atoms with E-state index in [2.05, 4.69) is 0 Å². The number of halogens is 3. The molecule has 2 aromatic carbocycles. The lowest BCUT2D eigenvalue weighted by Crippen LogP contribution is -2.21. The summed E-state index contributed by atoms with van der Waals surface area (Å²) in [6, 6.07) is 9.93. The summed E-state index contributed by atoms with van der Waals surface area (Å²) in [5.74, 6) is -2.00. The van der Waals surface area contributed by atoms with Crippen molar-refractivity contribution in [1.82, 2.24) is 0 Å². The number of nitrogens with two attached hydrogens (primary N) is 1. The van der Waals surface area contributed by atoms with Crippen molar-refractivity contribution in [3.63, 3.8) is 0 Å². The van der Waals surface area contributed by atoms with Crippen LogP contribution in [0.4, 0.5) is 8.78 Å². The first-order chi connectivity index (χ1) is 9.52. The average Bonchev–Trinajstić information content (AvgIpc) is 2.39. The van der Waals surface area contributed by atoms with Crippen LogP contribution < -0.4 is 5.73 Å². The van der Waals surface area contributed by atoms with Gasteiger partial charge in [-0.25, -0.2) is 8.78 Å². The molecule has 0 bridgehead atoms. The number of benzene rings is 2. The van der Waals surface area contributed by atoms with Crippen LogP contribution in [0.3, 0.4) is 0 Å². The van der Waals surface area contributed by atoms with Crippen molar-refractivity contribution in [2.45, 2.75) is 12.0 Å². The molecule has 20 heavy (non-hydrogen) atoms. The number of hydrogen-bond acceptors (Lipinski definition) is 2. The van der Waals surface area contributed by atoms with Gasteiger partial charge in [0.05, 0.1) is 6.10 Å². The minimum Gasteiger partial charge on any atom is -0.388 e. The highest BCUT2D eigenvalue weighted by Gasteiger charge is 2.24. The molecule has 0 aliphatic rings. The van der Waals surface area contributed by atoms with Crippen molar-refractivity contribution in [3.05, 3.63) is 70.2 Å². The third-order valence-corrected chi connectivity index (χ3v) is 3.43. The van der Waals surface area contributed by atoms with Gasteiger partial charge in [0, 0.05) is 29.1 Å². The van der Waals surface area contributed by atoms with Crippen molar-refractivity contribution in [1.29, 1.82) is 0 Å². The highest BCUT2D eigenvalue weighted by Crippen LogP contribution is 2.32. The van der Waals surface area contributed by atoms with Gasteiger partial charge in [-0.15, -0.1) is 0 Å². The number of rotatable bonds is 4. The molecule has 106 valence electrons. The SMILES string of the molecule is NCC(c1cccc(Cl)c1)C(O)c1ccc(F)cc1F. The molecular formula is C15H14ClF2NO. The molecule has 0 fully saturated rings. The Kier molecular flexibility index (Phi) is 4.70. The fourth-order valence-electron chi connectivity index (χ4n) is 2.14. The van der Waals surface area contributed by atoms with Crippen molar-refractivity contribution >= 4 is 11.6 Å². The van der Waals surface area contributed by atoms with E-state index in [4.69, 9.17) is 17.3 Å². The lowest BCUT2D eigenvalue weighted by molar-refractivity contribution is 0.143. The Morgan fingerprint density at radius 2 is 1.90 bits per heavy atom. The maximum absolute atomic E-state index is 13.7. The Hall–Kier alpha value is -1.49. The summed E-state index contributed by atoms with van der Waals surface area (Å²) >= 11 is 5.90. The summed E-state index contributed by atoms with van der Waals surface area (Å²) < 4.78 is 26.6. The fourth-order valence-corrected chi connectivity index (χ4v) is 2.34. The molecule has 0 heterocycles. The molecule has 0 saturated carbocycles. The average molecular weight is 298 g/mol. The molecule has 0 aliphatic carbocycles. The summed E-state index contributed by atoms with van der Waals surface area (Å²) in [6.07, 6.45) is -1.17. The first-order valence-corrected chi connectivity index (χ1v) is 6.49. The highest BCUT2D eigenvalue weighted by molar-refractivity contribution is 6.30. The zero-order valence-electron chi connectivity index (χ0n) is 10.6. The van der Waals surface area contributed by atoms with E-state index in [1.807, 2.05) is 0 Å². The van der Waals surface area contributed by atoms with Crippen LogP contribution in [-0.4, -0.2) is 11.7 Å². The second kappa shape index (κ2) is 6.31. The van der Waals surface area contributed by atoms with Crippen molar-refractivity contribution in [2.24, 2.45) is 5.73 Å².